The summed E-state index contributed by atoms with van der Waals surface area (Å²) in [6.45, 7) is 4.13. The summed E-state index contributed by atoms with van der Waals surface area (Å²) in [7, 11) is 0. The maximum Gasteiger partial charge on any atom is 0.236 e. The van der Waals surface area contributed by atoms with Crippen LogP contribution in [0.15, 0.2) is 28.7 Å². The zero-order chi connectivity index (χ0) is 15.0. The van der Waals surface area contributed by atoms with Gasteiger partial charge in [-0.15, -0.1) is 10.2 Å². The van der Waals surface area contributed by atoms with Gasteiger partial charge < -0.3 is 0 Å². The molecule has 4 nitrogen and oxygen atoms in total. The molecule has 1 amide bonds. The van der Waals surface area contributed by atoms with E-state index in [1.54, 1.807) is 0 Å². The highest BCUT2D eigenvalue weighted by atomic mass is 79.9. The third-order valence-electron chi connectivity index (χ3n) is 3.72. The Morgan fingerprint density at radius 2 is 2.14 bits per heavy atom. The lowest BCUT2D eigenvalue weighted by atomic mass is 9.95. The quantitative estimate of drug-likeness (QED) is 0.887. The molecular weight excluding hydrogens is 350 g/mol. The fourth-order valence-corrected chi connectivity index (χ4v) is 3.43. The minimum atomic E-state index is -0.395. The molecule has 6 heteroatoms. The van der Waals surface area contributed by atoms with Crippen molar-refractivity contribution in [1.29, 1.82) is 0 Å². The molecule has 0 aliphatic heterocycles. The highest BCUT2D eigenvalue weighted by molar-refractivity contribution is 9.10. The molecule has 1 fully saturated rings. The minimum Gasteiger partial charge on any atom is -0.300 e. The lowest BCUT2D eigenvalue weighted by Crippen LogP contribution is -2.27. The van der Waals surface area contributed by atoms with E-state index >= 15 is 0 Å². The molecule has 1 aromatic heterocycles. The fourth-order valence-electron chi connectivity index (χ4n) is 2.29. The van der Waals surface area contributed by atoms with Crippen LogP contribution in [0.4, 0.5) is 5.13 Å². The topological polar surface area (TPSA) is 54.9 Å². The molecule has 1 heterocycles. The molecule has 3 rings (SSSR count). The summed E-state index contributed by atoms with van der Waals surface area (Å²) in [5.41, 5.74) is 0.663. The van der Waals surface area contributed by atoms with Crippen molar-refractivity contribution in [3.63, 3.8) is 0 Å². The molecule has 0 spiro atoms. The van der Waals surface area contributed by atoms with E-state index in [4.69, 9.17) is 0 Å². The average Bonchev–Trinajstić information content (AvgIpc) is 3.13. The van der Waals surface area contributed by atoms with Crippen LogP contribution in [0.1, 0.15) is 43.2 Å². The number of aromatic nitrogens is 2. The van der Waals surface area contributed by atoms with Gasteiger partial charge in [0.05, 0.1) is 5.41 Å². The molecule has 0 bridgehead atoms. The molecule has 1 N–H and O–H groups in total. The van der Waals surface area contributed by atoms with Crippen LogP contribution in [0, 0.1) is 0 Å². The Labute approximate surface area is 136 Å². The molecule has 0 unspecified atom stereocenters. The number of hydrogen-bond acceptors (Lipinski definition) is 4. The number of amides is 1. The maximum absolute atomic E-state index is 12.6. The number of benzene rings is 1. The van der Waals surface area contributed by atoms with Crippen molar-refractivity contribution in [3.8, 4) is 0 Å². The lowest BCUT2D eigenvalue weighted by molar-refractivity contribution is -0.118. The second kappa shape index (κ2) is 5.50. The highest BCUT2D eigenvalue weighted by Crippen LogP contribution is 2.49. The fraction of sp³-hybridized carbons (Fsp3) is 0.400. The SMILES string of the molecule is CC(C)c1nnc(NC(=O)C2(c3cccc(Br)c3)CC2)s1. The van der Waals surface area contributed by atoms with Gasteiger partial charge in [0.25, 0.3) is 0 Å². The van der Waals surface area contributed by atoms with Crippen LogP contribution < -0.4 is 5.32 Å². The Hall–Kier alpha value is -1.27. The molecule has 1 aliphatic carbocycles. The van der Waals surface area contributed by atoms with Crippen molar-refractivity contribution in [1.82, 2.24) is 10.2 Å². The van der Waals surface area contributed by atoms with Crippen LogP contribution in [-0.4, -0.2) is 16.1 Å². The van der Waals surface area contributed by atoms with Gasteiger partial charge in [-0.05, 0) is 30.5 Å². The smallest absolute Gasteiger partial charge is 0.236 e. The second-order valence-corrected chi connectivity index (χ2v) is 7.57. The summed E-state index contributed by atoms with van der Waals surface area (Å²) >= 11 is 4.91. The Kier molecular flexibility index (Phi) is 3.84. The van der Waals surface area contributed by atoms with Gasteiger partial charge in [0.2, 0.25) is 11.0 Å². The minimum absolute atomic E-state index is 0.0204. The number of hydrogen-bond donors (Lipinski definition) is 1. The molecule has 21 heavy (non-hydrogen) atoms. The molecular formula is C15H16BrN3OS. The zero-order valence-corrected chi connectivity index (χ0v) is 14.3. The van der Waals surface area contributed by atoms with E-state index in [-0.39, 0.29) is 5.91 Å². The Morgan fingerprint density at radius 3 is 2.71 bits per heavy atom. The molecule has 1 aliphatic rings. The van der Waals surface area contributed by atoms with E-state index in [9.17, 15) is 4.79 Å². The average molecular weight is 366 g/mol. The van der Waals surface area contributed by atoms with Gasteiger partial charge in [0.1, 0.15) is 5.01 Å². The van der Waals surface area contributed by atoms with Crippen molar-refractivity contribution in [2.45, 2.75) is 38.0 Å². The van der Waals surface area contributed by atoms with Gasteiger partial charge in [-0.1, -0.05) is 53.2 Å². The van der Waals surface area contributed by atoms with Gasteiger partial charge in [0, 0.05) is 10.4 Å². The standard InChI is InChI=1S/C15H16BrN3OS/c1-9(2)12-18-19-14(21-12)17-13(20)15(6-7-15)10-4-3-5-11(16)8-10/h3-5,8-9H,6-7H2,1-2H3,(H,17,19,20). The lowest BCUT2D eigenvalue weighted by Gasteiger charge is -2.14. The predicted octanol–water partition coefficient (Wildman–Crippen LogP) is 4.09. The normalized spacial score (nSPS) is 16.0. The molecule has 110 valence electrons. The Balaban J connectivity index is 1.78. The summed E-state index contributed by atoms with van der Waals surface area (Å²) in [5, 5.41) is 12.6. The Morgan fingerprint density at radius 1 is 1.38 bits per heavy atom. The van der Waals surface area contributed by atoms with Crippen LogP contribution >= 0.6 is 27.3 Å². The Bertz CT molecular complexity index is 679. The maximum atomic E-state index is 12.6. The monoisotopic (exact) mass is 365 g/mol. The molecule has 0 radical (unpaired) electrons. The van der Waals surface area contributed by atoms with Gasteiger partial charge in [-0.3, -0.25) is 10.1 Å². The van der Waals surface area contributed by atoms with Crippen LogP contribution in [-0.2, 0) is 10.2 Å². The number of nitrogens with zero attached hydrogens (tertiary/aromatic N) is 2. The number of carbonyl (C=O) groups is 1. The van der Waals surface area contributed by atoms with Crippen molar-refractivity contribution in [2.24, 2.45) is 0 Å². The molecule has 1 aromatic carbocycles. The van der Waals surface area contributed by atoms with Crippen LogP contribution in [0.25, 0.3) is 0 Å². The number of halogens is 1. The summed E-state index contributed by atoms with van der Waals surface area (Å²) in [6, 6.07) is 7.97. The van der Waals surface area contributed by atoms with E-state index in [0.29, 0.717) is 11.0 Å². The van der Waals surface area contributed by atoms with Crippen LogP contribution in [0.2, 0.25) is 0 Å². The van der Waals surface area contributed by atoms with Crippen molar-refractivity contribution < 1.29 is 4.79 Å². The van der Waals surface area contributed by atoms with Gasteiger partial charge in [-0.2, -0.15) is 0 Å². The van der Waals surface area contributed by atoms with E-state index in [1.165, 1.54) is 11.3 Å². The molecule has 0 saturated heterocycles. The summed E-state index contributed by atoms with van der Waals surface area (Å²) < 4.78 is 0.997. The van der Waals surface area contributed by atoms with E-state index in [1.807, 2.05) is 24.3 Å². The molecule has 2 aromatic rings. The van der Waals surface area contributed by atoms with E-state index in [2.05, 4.69) is 45.3 Å². The van der Waals surface area contributed by atoms with E-state index in [0.717, 1.165) is 27.9 Å². The highest BCUT2D eigenvalue weighted by Gasteiger charge is 2.51. The first-order chi connectivity index (χ1) is 10.0. The van der Waals surface area contributed by atoms with Crippen molar-refractivity contribution in [2.75, 3.05) is 5.32 Å². The largest absolute Gasteiger partial charge is 0.300 e. The second-order valence-electron chi connectivity index (χ2n) is 5.65. The summed E-state index contributed by atoms with van der Waals surface area (Å²) in [6.07, 6.45) is 1.76. The van der Waals surface area contributed by atoms with E-state index < -0.39 is 5.41 Å². The number of nitrogens with one attached hydrogen (secondary N) is 1. The molecule has 1 saturated carbocycles. The van der Waals surface area contributed by atoms with Gasteiger partial charge in [-0.25, -0.2) is 0 Å². The van der Waals surface area contributed by atoms with Crippen LogP contribution in [0.5, 0.6) is 0 Å². The van der Waals surface area contributed by atoms with Crippen molar-refractivity contribution >= 4 is 38.3 Å². The third kappa shape index (κ3) is 2.87. The van der Waals surface area contributed by atoms with Crippen molar-refractivity contribution in [3.05, 3.63) is 39.3 Å². The summed E-state index contributed by atoms with van der Waals surface area (Å²) in [4.78, 5) is 12.6. The first-order valence-corrected chi connectivity index (χ1v) is 8.53. The molecule has 0 atom stereocenters. The first-order valence-electron chi connectivity index (χ1n) is 6.92. The van der Waals surface area contributed by atoms with Gasteiger partial charge >= 0.3 is 0 Å². The zero-order valence-electron chi connectivity index (χ0n) is 11.9. The third-order valence-corrected chi connectivity index (χ3v) is 5.35. The number of rotatable bonds is 4. The van der Waals surface area contributed by atoms with Gasteiger partial charge in [0.15, 0.2) is 0 Å². The van der Waals surface area contributed by atoms with Crippen LogP contribution in [0.3, 0.4) is 0 Å². The number of carbonyl (C=O) groups excluding carboxylic acids is 1. The predicted molar refractivity (Wildman–Crippen MR) is 87.7 cm³/mol. The summed E-state index contributed by atoms with van der Waals surface area (Å²) in [5.74, 6) is 0.347. The first kappa shape index (κ1) is 14.7. The number of anilines is 1.